The minimum atomic E-state index is -3.45. The van der Waals surface area contributed by atoms with E-state index in [1.165, 1.54) is 25.7 Å². The quantitative estimate of drug-likeness (QED) is 0.192. The van der Waals surface area contributed by atoms with Crippen LogP contribution in [0.25, 0.3) is 0 Å². The molecule has 144 valence electrons. The van der Waals surface area contributed by atoms with Crippen LogP contribution in [0.4, 0.5) is 0 Å². The van der Waals surface area contributed by atoms with Crippen molar-refractivity contribution >= 4 is 40.0 Å². The van der Waals surface area contributed by atoms with Crippen LogP contribution in [0.1, 0.15) is 46.0 Å². The highest BCUT2D eigenvalue weighted by molar-refractivity contribution is 14.0. The summed E-state index contributed by atoms with van der Waals surface area (Å²) in [6.45, 7) is 7.25. The van der Waals surface area contributed by atoms with Crippen molar-refractivity contribution in [3.63, 3.8) is 0 Å². The third kappa shape index (κ3) is 10.00. The molecule has 1 aliphatic carbocycles. The zero-order chi connectivity index (χ0) is 17.2. The molecule has 0 unspecified atom stereocenters. The summed E-state index contributed by atoms with van der Waals surface area (Å²) in [4.78, 5) is 4.67. The van der Waals surface area contributed by atoms with Crippen molar-refractivity contribution in [3.05, 3.63) is 0 Å². The second-order valence-electron chi connectivity index (χ2n) is 6.14. The van der Waals surface area contributed by atoms with Crippen molar-refractivity contribution in [2.24, 2.45) is 15.5 Å². The first kappa shape index (κ1) is 23.9. The minimum Gasteiger partial charge on any atom is -0.382 e. The number of halogens is 1. The number of nitrogens with two attached hydrogens (primary N) is 1. The zero-order valence-corrected chi connectivity index (χ0v) is 18.0. The molecule has 0 aromatic rings. The first-order valence-electron chi connectivity index (χ1n) is 8.51. The van der Waals surface area contributed by atoms with Crippen molar-refractivity contribution in [1.29, 1.82) is 0 Å². The lowest BCUT2D eigenvalue weighted by Crippen LogP contribution is -2.41. The van der Waals surface area contributed by atoms with Crippen LogP contribution >= 0.6 is 24.0 Å². The Labute approximate surface area is 163 Å². The van der Waals surface area contributed by atoms with Gasteiger partial charge < -0.3 is 15.4 Å². The Morgan fingerprint density at radius 3 is 2.46 bits per heavy atom. The highest BCUT2D eigenvalue weighted by Crippen LogP contribution is 2.41. The van der Waals surface area contributed by atoms with E-state index in [0.29, 0.717) is 5.96 Å². The maximum atomic E-state index is 11.0. The van der Waals surface area contributed by atoms with E-state index in [1.54, 1.807) is 0 Å². The lowest BCUT2D eigenvalue weighted by molar-refractivity contribution is 0.107. The van der Waals surface area contributed by atoms with Crippen molar-refractivity contribution < 1.29 is 13.2 Å². The van der Waals surface area contributed by atoms with Gasteiger partial charge in [0.2, 0.25) is 10.0 Å². The molecule has 0 radical (unpaired) electrons. The number of nitrogens with zero attached hydrogens (tertiary/aromatic N) is 1. The Bertz CT molecular complexity index is 465. The molecule has 1 rings (SSSR count). The van der Waals surface area contributed by atoms with E-state index in [-0.39, 0.29) is 41.7 Å². The maximum Gasteiger partial charge on any atom is 0.210 e. The molecular weight excluding hydrogens is 443 g/mol. The lowest BCUT2D eigenvalue weighted by atomic mass is 9.83. The average Bonchev–Trinajstić information content (AvgIpc) is 2.93. The van der Waals surface area contributed by atoms with Gasteiger partial charge in [-0.1, -0.05) is 12.8 Å². The van der Waals surface area contributed by atoms with Gasteiger partial charge in [-0.15, -0.1) is 24.0 Å². The highest BCUT2D eigenvalue weighted by atomic mass is 127. The lowest BCUT2D eigenvalue weighted by Gasteiger charge is -2.27. The number of hydrogen-bond acceptors (Lipinski definition) is 4. The van der Waals surface area contributed by atoms with Crippen LogP contribution in [-0.4, -0.2) is 53.0 Å². The van der Waals surface area contributed by atoms with Crippen molar-refractivity contribution in [3.8, 4) is 0 Å². The van der Waals surface area contributed by atoms with Crippen molar-refractivity contribution in [1.82, 2.24) is 10.6 Å². The molecule has 0 aromatic carbocycles. The zero-order valence-electron chi connectivity index (χ0n) is 14.8. The van der Waals surface area contributed by atoms with Crippen molar-refractivity contribution in [2.45, 2.75) is 46.0 Å². The molecule has 0 aliphatic heterocycles. The van der Waals surface area contributed by atoms with Crippen LogP contribution in [0.3, 0.4) is 0 Å². The fourth-order valence-corrected chi connectivity index (χ4v) is 3.33. The van der Waals surface area contributed by atoms with Crippen LogP contribution in [0.5, 0.6) is 0 Å². The van der Waals surface area contributed by atoms with Gasteiger partial charge in [-0.3, -0.25) is 4.99 Å². The molecular formula is C15H33IN4O3S. The molecule has 1 fully saturated rings. The molecule has 0 bridgehead atoms. The third-order valence-electron chi connectivity index (χ3n) is 4.24. The first-order valence-corrected chi connectivity index (χ1v) is 10.2. The standard InChI is InChI=1S/C15H32N4O3S.HI/c1-3-17-14(18-10-12-23(16,20)21)19-13-15(7-5-6-8-15)9-11-22-4-2;/h3-13H2,1-2H3,(H2,16,20,21)(H2,17,18,19);1H. The van der Waals surface area contributed by atoms with E-state index in [2.05, 4.69) is 15.6 Å². The number of sulfonamides is 1. The summed E-state index contributed by atoms with van der Waals surface area (Å²) in [6.07, 6.45) is 5.88. The summed E-state index contributed by atoms with van der Waals surface area (Å²) in [6, 6.07) is 0. The molecule has 0 aromatic heterocycles. The Hall–Kier alpha value is -0.130. The van der Waals surface area contributed by atoms with Gasteiger partial charge in [0.15, 0.2) is 5.96 Å². The number of ether oxygens (including phenoxy) is 1. The second kappa shape index (κ2) is 12.3. The summed E-state index contributed by atoms with van der Waals surface area (Å²) in [5.74, 6) is 0.547. The Morgan fingerprint density at radius 1 is 1.25 bits per heavy atom. The van der Waals surface area contributed by atoms with Gasteiger partial charge in [0.1, 0.15) is 0 Å². The summed E-state index contributed by atoms with van der Waals surface area (Å²) in [5.41, 5.74) is 0.220. The van der Waals surface area contributed by atoms with Gasteiger partial charge in [-0.25, -0.2) is 13.6 Å². The van der Waals surface area contributed by atoms with Crippen LogP contribution in [0.15, 0.2) is 4.99 Å². The number of aliphatic imine (C=N–C) groups is 1. The second-order valence-corrected chi connectivity index (χ2v) is 7.88. The largest absolute Gasteiger partial charge is 0.382 e. The number of rotatable bonds is 10. The summed E-state index contributed by atoms with van der Waals surface area (Å²) in [5, 5.41) is 11.2. The van der Waals surface area contributed by atoms with E-state index >= 15 is 0 Å². The van der Waals surface area contributed by atoms with Gasteiger partial charge in [-0.05, 0) is 38.5 Å². The summed E-state index contributed by atoms with van der Waals surface area (Å²) < 4.78 is 27.5. The molecule has 0 atom stereocenters. The average molecular weight is 476 g/mol. The van der Waals surface area contributed by atoms with Crippen LogP contribution in [-0.2, 0) is 14.8 Å². The molecule has 9 heteroatoms. The predicted octanol–water partition coefficient (Wildman–Crippen LogP) is 1.44. The number of nitrogens with one attached hydrogen (secondary N) is 2. The van der Waals surface area contributed by atoms with Gasteiger partial charge in [0.05, 0.1) is 5.75 Å². The SMILES string of the molecule is CCNC(=NCC1(CCOCC)CCCC1)NCCS(N)(=O)=O.I. The van der Waals surface area contributed by atoms with E-state index < -0.39 is 10.0 Å². The van der Waals surface area contributed by atoms with Gasteiger partial charge in [-0.2, -0.15) is 0 Å². The molecule has 0 spiro atoms. The molecule has 0 saturated heterocycles. The molecule has 24 heavy (non-hydrogen) atoms. The fourth-order valence-electron chi connectivity index (χ4n) is 2.95. The molecule has 0 heterocycles. The van der Waals surface area contributed by atoms with E-state index in [9.17, 15) is 8.42 Å². The van der Waals surface area contributed by atoms with Crippen LogP contribution < -0.4 is 15.8 Å². The molecule has 0 amide bonds. The smallest absolute Gasteiger partial charge is 0.210 e. The van der Waals surface area contributed by atoms with E-state index in [1.807, 2.05) is 13.8 Å². The Balaban J connectivity index is 0.00000529. The normalized spacial score (nSPS) is 17.4. The van der Waals surface area contributed by atoms with Crippen LogP contribution in [0.2, 0.25) is 0 Å². The first-order chi connectivity index (χ1) is 10.9. The number of hydrogen-bond donors (Lipinski definition) is 3. The Kier molecular flexibility index (Phi) is 12.2. The van der Waals surface area contributed by atoms with Gasteiger partial charge >= 0.3 is 0 Å². The molecule has 1 saturated carbocycles. The van der Waals surface area contributed by atoms with E-state index in [4.69, 9.17) is 9.88 Å². The van der Waals surface area contributed by atoms with Crippen LogP contribution in [0, 0.1) is 5.41 Å². The van der Waals surface area contributed by atoms with Gasteiger partial charge in [0, 0.05) is 32.8 Å². The minimum absolute atomic E-state index is 0. The van der Waals surface area contributed by atoms with E-state index in [0.717, 1.165) is 32.7 Å². The van der Waals surface area contributed by atoms with Crippen molar-refractivity contribution in [2.75, 3.05) is 38.6 Å². The maximum absolute atomic E-state index is 11.0. The Morgan fingerprint density at radius 2 is 1.92 bits per heavy atom. The molecule has 7 nitrogen and oxygen atoms in total. The topological polar surface area (TPSA) is 106 Å². The number of primary sulfonamides is 1. The number of guanidine groups is 1. The monoisotopic (exact) mass is 476 g/mol. The predicted molar refractivity (Wildman–Crippen MR) is 109 cm³/mol. The summed E-state index contributed by atoms with van der Waals surface area (Å²) in [7, 11) is -3.45. The third-order valence-corrected chi connectivity index (χ3v) is 5.01. The highest BCUT2D eigenvalue weighted by Gasteiger charge is 2.33. The summed E-state index contributed by atoms with van der Waals surface area (Å²) >= 11 is 0. The molecule has 4 N–H and O–H groups in total. The van der Waals surface area contributed by atoms with Gasteiger partial charge in [0.25, 0.3) is 0 Å². The molecule has 1 aliphatic rings. The fraction of sp³-hybridized carbons (Fsp3) is 0.933.